The third-order valence-corrected chi connectivity index (χ3v) is 3.20. The first kappa shape index (κ1) is 11.1. The fourth-order valence-corrected chi connectivity index (χ4v) is 2.22. The van der Waals surface area contributed by atoms with Gasteiger partial charge in [-0.3, -0.25) is 0 Å². The molecule has 2 aromatic rings. The Morgan fingerprint density at radius 1 is 1.28 bits per heavy atom. The van der Waals surface area contributed by atoms with E-state index < -0.39 is 0 Å². The molecular formula is C12H16N6. The molecule has 0 saturated heterocycles. The number of aryl methyl sites for hydroxylation is 2. The van der Waals surface area contributed by atoms with Crippen LogP contribution in [0.3, 0.4) is 0 Å². The predicted molar refractivity (Wildman–Crippen MR) is 67.2 cm³/mol. The third-order valence-electron chi connectivity index (χ3n) is 3.20. The minimum absolute atomic E-state index is 0.763. The molecule has 0 amide bonds. The molecule has 0 radical (unpaired) electrons. The smallest absolute Gasteiger partial charge is 0.152 e. The maximum absolute atomic E-state index is 4.52. The lowest BCUT2D eigenvalue weighted by Crippen LogP contribution is -2.34. The summed E-state index contributed by atoms with van der Waals surface area (Å²) in [5.41, 5.74) is 1.09. The van der Waals surface area contributed by atoms with Crippen molar-refractivity contribution in [1.29, 1.82) is 0 Å². The summed E-state index contributed by atoms with van der Waals surface area (Å²) in [6, 6.07) is 2.07. The van der Waals surface area contributed by atoms with Crippen LogP contribution in [0.4, 0.5) is 5.82 Å². The van der Waals surface area contributed by atoms with E-state index in [4.69, 9.17) is 0 Å². The van der Waals surface area contributed by atoms with E-state index in [-0.39, 0.29) is 0 Å². The lowest BCUT2D eigenvalue weighted by molar-refractivity contribution is 0.555. The molecular weight excluding hydrogens is 228 g/mol. The van der Waals surface area contributed by atoms with Crippen molar-refractivity contribution >= 4 is 5.82 Å². The van der Waals surface area contributed by atoms with Crippen LogP contribution in [0.5, 0.6) is 0 Å². The molecule has 94 valence electrons. The lowest BCUT2D eigenvalue weighted by atomic mass is 10.3. The van der Waals surface area contributed by atoms with Gasteiger partial charge in [0.05, 0.1) is 6.54 Å². The number of nitrogens with zero attached hydrogens (tertiary/aromatic N) is 6. The van der Waals surface area contributed by atoms with Crippen LogP contribution in [0.25, 0.3) is 0 Å². The van der Waals surface area contributed by atoms with Crippen LogP contribution < -0.4 is 4.90 Å². The van der Waals surface area contributed by atoms with Gasteiger partial charge in [-0.2, -0.15) is 0 Å². The number of fused-ring (bicyclic) bond motifs is 1. The van der Waals surface area contributed by atoms with Gasteiger partial charge in [0.25, 0.3) is 0 Å². The van der Waals surface area contributed by atoms with Gasteiger partial charge >= 0.3 is 0 Å². The molecule has 0 fully saturated rings. The second-order valence-corrected chi connectivity index (χ2v) is 4.48. The van der Waals surface area contributed by atoms with E-state index in [1.54, 1.807) is 6.33 Å². The Hall–Kier alpha value is -1.98. The van der Waals surface area contributed by atoms with Gasteiger partial charge in [0, 0.05) is 24.8 Å². The number of aromatic nitrogens is 5. The quantitative estimate of drug-likeness (QED) is 0.787. The van der Waals surface area contributed by atoms with E-state index in [0.717, 1.165) is 49.2 Å². The normalized spacial score (nSPS) is 14.7. The molecule has 6 nitrogen and oxygen atoms in total. The van der Waals surface area contributed by atoms with Crippen molar-refractivity contribution < 1.29 is 0 Å². The first-order valence-electron chi connectivity index (χ1n) is 6.22. The summed E-state index contributed by atoms with van der Waals surface area (Å²) >= 11 is 0. The van der Waals surface area contributed by atoms with Crippen molar-refractivity contribution in [3.05, 3.63) is 29.7 Å². The van der Waals surface area contributed by atoms with Crippen molar-refractivity contribution in [2.45, 2.75) is 33.4 Å². The molecule has 0 N–H and O–H groups in total. The Morgan fingerprint density at radius 3 is 3.00 bits per heavy atom. The Bertz CT molecular complexity index is 561. The third kappa shape index (κ3) is 1.94. The van der Waals surface area contributed by atoms with Crippen molar-refractivity contribution in [2.75, 3.05) is 11.4 Å². The number of hydrogen-bond donors (Lipinski definition) is 0. The minimum atomic E-state index is 0.763. The molecule has 18 heavy (non-hydrogen) atoms. The van der Waals surface area contributed by atoms with Gasteiger partial charge in [-0.25, -0.2) is 9.97 Å². The summed E-state index contributed by atoms with van der Waals surface area (Å²) in [6.45, 7) is 6.66. The van der Waals surface area contributed by atoms with E-state index >= 15 is 0 Å². The van der Waals surface area contributed by atoms with Gasteiger partial charge in [-0.15, -0.1) is 10.2 Å². The first-order chi connectivity index (χ1) is 8.76. The predicted octanol–water partition coefficient (Wildman–Crippen LogP) is 0.959. The zero-order valence-electron chi connectivity index (χ0n) is 10.7. The highest BCUT2D eigenvalue weighted by atomic mass is 15.3. The SMILES string of the molecule is CCc1cc(N2CCn3cnnc3C2)nc(C)n1. The Kier molecular flexibility index (Phi) is 2.70. The largest absolute Gasteiger partial charge is 0.347 e. The monoisotopic (exact) mass is 244 g/mol. The van der Waals surface area contributed by atoms with Crippen molar-refractivity contribution in [3.8, 4) is 0 Å². The van der Waals surface area contributed by atoms with Crippen LogP contribution in [0.2, 0.25) is 0 Å². The number of rotatable bonds is 2. The summed E-state index contributed by atoms with van der Waals surface area (Å²) in [5, 5.41) is 8.06. The highest BCUT2D eigenvalue weighted by molar-refractivity contribution is 5.40. The molecule has 2 aromatic heterocycles. The highest BCUT2D eigenvalue weighted by Gasteiger charge is 2.19. The number of anilines is 1. The zero-order valence-corrected chi connectivity index (χ0v) is 10.7. The van der Waals surface area contributed by atoms with E-state index in [0.29, 0.717) is 0 Å². The Labute approximate surface area is 106 Å². The molecule has 0 spiro atoms. The van der Waals surface area contributed by atoms with Crippen LogP contribution in [0, 0.1) is 6.92 Å². The molecule has 0 unspecified atom stereocenters. The molecule has 0 aromatic carbocycles. The van der Waals surface area contributed by atoms with Gasteiger partial charge in [0.2, 0.25) is 0 Å². The van der Waals surface area contributed by atoms with E-state index in [2.05, 4.69) is 42.6 Å². The summed E-state index contributed by atoms with van der Waals surface area (Å²) < 4.78 is 2.09. The van der Waals surface area contributed by atoms with Crippen LogP contribution >= 0.6 is 0 Å². The van der Waals surface area contributed by atoms with Crippen LogP contribution in [-0.4, -0.2) is 31.3 Å². The Morgan fingerprint density at radius 2 is 2.17 bits per heavy atom. The average Bonchev–Trinajstić information content (AvgIpc) is 2.85. The van der Waals surface area contributed by atoms with Gasteiger partial charge in [0.15, 0.2) is 5.82 Å². The van der Waals surface area contributed by atoms with Gasteiger partial charge in [-0.05, 0) is 13.3 Å². The van der Waals surface area contributed by atoms with E-state index in [1.165, 1.54) is 0 Å². The van der Waals surface area contributed by atoms with Gasteiger partial charge in [-0.1, -0.05) is 6.92 Å². The van der Waals surface area contributed by atoms with Gasteiger partial charge in [0.1, 0.15) is 18.0 Å². The summed E-state index contributed by atoms with van der Waals surface area (Å²) in [4.78, 5) is 11.2. The second kappa shape index (κ2) is 4.36. The van der Waals surface area contributed by atoms with E-state index in [1.807, 2.05) is 6.92 Å². The molecule has 0 saturated carbocycles. The van der Waals surface area contributed by atoms with Crippen LogP contribution in [0.1, 0.15) is 24.3 Å². The van der Waals surface area contributed by atoms with Gasteiger partial charge < -0.3 is 9.47 Å². The maximum atomic E-state index is 4.52. The fourth-order valence-electron chi connectivity index (χ4n) is 2.22. The second-order valence-electron chi connectivity index (χ2n) is 4.48. The molecule has 6 heteroatoms. The Balaban J connectivity index is 1.90. The average molecular weight is 244 g/mol. The molecule has 1 aliphatic heterocycles. The van der Waals surface area contributed by atoms with E-state index in [9.17, 15) is 0 Å². The number of hydrogen-bond acceptors (Lipinski definition) is 5. The fraction of sp³-hybridized carbons (Fsp3) is 0.500. The zero-order chi connectivity index (χ0) is 12.5. The summed E-state index contributed by atoms with van der Waals surface area (Å²) in [6.07, 6.45) is 2.72. The van der Waals surface area contributed by atoms with Crippen molar-refractivity contribution in [2.24, 2.45) is 0 Å². The standard InChI is InChI=1S/C12H16N6/c1-3-10-6-11(15-9(2)14-10)17-4-5-18-8-13-16-12(18)7-17/h6,8H,3-5,7H2,1-2H3. The molecule has 0 aliphatic carbocycles. The van der Waals surface area contributed by atoms with Crippen molar-refractivity contribution in [1.82, 2.24) is 24.7 Å². The molecule has 0 bridgehead atoms. The maximum Gasteiger partial charge on any atom is 0.152 e. The van der Waals surface area contributed by atoms with Crippen LogP contribution in [0.15, 0.2) is 12.4 Å². The lowest BCUT2D eigenvalue weighted by Gasteiger charge is -2.28. The molecule has 1 aliphatic rings. The minimum Gasteiger partial charge on any atom is -0.347 e. The first-order valence-corrected chi connectivity index (χ1v) is 6.22. The summed E-state index contributed by atoms with van der Waals surface area (Å²) in [5.74, 6) is 2.82. The topological polar surface area (TPSA) is 59.7 Å². The molecule has 0 atom stereocenters. The molecule has 3 rings (SSSR count). The van der Waals surface area contributed by atoms with Crippen LogP contribution in [-0.2, 0) is 19.5 Å². The summed E-state index contributed by atoms with van der Waals surface area (Å²) in [7, 11) is 0. The highest BCUT2D eigenvalue weighted by Crippen LogP contribution is 2.18. The van der Waals surface area contributed by atoms with Crippen molar-refractivity contribution in [3.63, 3.8) is 0 Å². The molecule has 3 heterocycles.